The number of piperazine rings is 1. The quantitative estimate of drug-likeness (QED) is 0.657. The van der Waals surface area contributed by atoms with Gasteiger partial charge in [-0.25, -0.2) is 21.2 Å². The van der Waals surface area contributed by atoms with Gasteiger partial charge in [-0.15, -0.1) is 0 Å². The van der Waals surface area contributed by atoms with Crippen molar-refractivity contribution in [3.05, 3.63) is 54.3 Å². The van der Waals surface area contributed by atoms with Crippen LogP contribution in [0.15, 0.2) is 58.3 Å². The number of nitrogens with zero attached hydrogens (tertiary/aromatic N) is 3. The molecule has 0 saturated carbocycles. The number of hydrogen-bond acceptors (Lipinski definition) is 6. The van der Waals surface area contributed by atoms with Crippen LogP contribution in [-0.2, 0) is 24.8 Å². The average Bonchev–Trinajstić information content (AvgIpc) is 2.80. The third-order valence-corrected chi connectivity index (χ3v) is 9.33. The summed E-state index contributed by atoms with van der Waals surface area (Å²) in [5.41, 5.74) is 0.844. The first-order chi connectivity index (χ1) is 14.8. The molecular formula is C20H24FN3O5S2. The molecular weight excluding hydrogens is 445 g/mol. The van der Waals surface area contributed by atoms with Gasteiger partial charge in [-0.3, -0.25) is 0 Å². The normalized spacial score (nSPS) is 19.5. The highest BCUT2D eigenvalue weighted by Crippen LogP contribution is 2.24. The minimum absolute atomic E-state index is 0.0589. The predicted molar refractivity (Wildman–Crippen MR) is 113 cm³/mol. The van der Waals surface area contributed by atoms with Gasteiger partial charge < -0.3 is 9.64 Å². The van der Waals surface area contributed by atoms with E-state index >= 15 is 0 Å². The topological polar surface area (TPSA) is 87.2 Å². The molecule has 31 heavy (non-hydrogen) atoms. The molecule has 0 spiro atoms. The van der Waals surface area contributed by atoms with Crippen molar-refractivity contribution >= 4 is 25.7 Å². The van der Waals surface area contributed by atoms with E-state index in [2.05, 4.69) is 0 Å². The summed E-state index contributed by atoms with van der Waals surface area (Å²) in [7, 11) is -7.42. The van der Waals surface area contributed by atoms with Crippen LogP contribution >= 0.6 is 0 Å². The maximum atomic E-state index is 13.1. The highest BCUT2D eigenvalue weighted by atomic mass is 32.2. The van der Waals surface area contributed by atoms with Gasteiger partial charge in [0.2, 0.25) is 20.0 Å². The molecule has 168 valence electrons. The Balaban J connectivity index is 1.45. The number of ether oxygens (including phenoxy) is 1. The zero-order chi connectivity index (χ0) is 22.1. The van der Waals surface area contributed by atoms with Crippen LogP contribution < -0.4 is 4.90 Å². The van der Waals surface area contributed by atoms with Crippen molar-refractivity contribution in [1.82, 2.24) is 8.61 Å². The van der Waals surface area contributed by atoms with Crippen molar-refractivity contribution in [3.8, 4) is 0 Å². The molecule has 0 unspecified atom stereocenters. The Morgan fingerprint density at radius 2 is 1.10 bits per heavy atom. The molecule has 4 rings (SSSR count). The molecule has 0 aromatic heterocycles. The Morgan fingerprint density at radius 3 is 1.58 bits per heavy atom. The van der Waals surface area contributed by atoms with Gasteiger partial charge >= 0.3 is 0 Å². The highest BCUT2D eigenvalue weighted by Gasteiger charge is 2.30. The molecule has 0 amide bonds. The van der Waals surface area contributed by atoms with Crippen molar-refractivity contribution in [2.75, 3.05) is 57.4 Å². The molecule has 2 aromatic carbocycles. The summed E-state index contributed by atoms with van der Waals surface area (Å²) in [5, 5.41) is 0. The number of halogens is 1. The van der Waals surface area contributed by atoms with Crippen LogP contribution in [0.5, 0.6) is 0 Å². The Morgan fingerprint density at radius 1 is 0.645 bits per heavy atom. The van der Waals surface area contributed by atoms with Crippen LogP contribution in [0, 0.1) is 5.82 Å². The largest absolute Gasteiger partial charge is 0.379 e. The second kappa shape index (κ2) is 8.83. The molecule has 0 bridgehead atoms. The Kier molecular flexibility index (Phi) is 6.31. The number of hydrogen-bond donors (Lipinski definition) is 0. The second-order valence-corrected chi connectivity index (χ2v) is 11.2. The summed E-state index contributed by atoms with van der Waals surface area (Å²) in [6, 6.07) is 11.5. The zero-order valence-electron chi connectivity index (χ0n) is 16.9. The molecule has 2 aromatic rings. The van der Waals surface area contributed by atoms with Crippen molar-refractivity contribution in [2.45, 2.75) is 9.79 Å². The molecule has 8 nitrogen and oxygen atoms in total. The first-order valence-electron chi connectivity index (χ1n) is 9.97. The number of sulfonamides is 2. The summed E-state index contributed by atoms with van der Waals surface area (Å²) in [6.07, 6.45) is 0. The van der Waals surface area contributed by atoms with Crippen molar-refractivity contribution < 1.29 is 26.0 Å². The second-order valence-electron chi connectivity index (χ2n) is 7.36. The minimum Gasteiger partial charge on any atom is -0.379 e. The van der Waals surface area contributed by atoms with Gasteiger partial charge in [-0.1, -0.05) is 0 Å². The van der Waals surface area contributed by atoms with E-state index in [0.717, 1.165) is 5.69 Å². The molecule has 2 saturated heterocycles. The maximum absolute atomic E-state index is 13.1. The molecule has 2 aliphatic rings. The lowest BCUT2D eigenvalue weighted by molar-refractivity contribution is 0.0730. The number of morpholine rings is 1. The minimum atomic E-state index is -3.74. The van der Waals surface area contributed by atoms with Gasteiger partial charge in [0.05, 0.1) is 23.0 Å². The number of benzene rings is 2. The molecule has 2 aliphatic heterocycles. The Labute approximate surface area is 181 Å². The fourth-order valence-electron chi connectivity index (χ4n) is 3.71. The van der Waals surface area contributed by atoms with Gasteiger partial charge in [0.25, 0.3) is 0 Å². The van der Waals surface area contributed by atoms with E-state index in [4.69, 9.17) is 4.74 Å². The van der Waals surface area contributed by atoms with Gasteiger partial charge in [0.15, 0.2) is 0 Å². The van der Waals surface area contributed by atoms with E-state index < -0.39 is 20.0 Å². The van der Waals surface area contributed by atoms with Crippen LogP contribution in [0.2, 0.25) is 0 Å². The van der Waals surface area contributed by atoms with Crippen LogP contribution in [-0.4, -0.2) is 77.9 Å². The van der Waals surface area contributed by atoms with E-state index in [1.54, 1.807) is 12.1 Å². The lowest BCUT2D eigenvalue weighted by Crippen LogP contribution is -2.48. The Hall–Kier alpha value is -2.05. The fraction of sp³-hybridized carbons (Fsp3) is 0.400. The summed E-state index contributed by atoms with van der Waals surface area (Å²) in [4.78, 5) is 2.13. The first-order valence-corrected chi connectivity index (χ1v) is 12.9. The van der Waals surface area contributed by atoms with Gasteiger partial charge in [-0.05, 0) is 48.5 Å². The average molecular weight is 470 g/mol. The van der Waals surface area contributed by atoms with Crippen molar-refractivity contribution in [3.63, 3.8) is 0 Å². The summed E-state index contributed by atoms with van der Waals surface area (Å²) in [5.74, 6) is -0.316. The van der Waals surface area contributed by atoms with Gasteiger partial charge in [-0.2, -0.15) is 8.61 Å². The molecule has 0 atom stereocenters. The van der Waals surface area contributed by atoms with E-state index in [-0.39, 0.29) is 41.8 Å². The van der Waals surface area contributed by atoms with Crippen LogP contribution in [0.25, 0.3) is 0 Å². The smallest absolute Gasteiger partial charge is 0.243 e. The van der Waals surface area contributed by atoms with E-state index in [0.29, 0.717) is 26.3 Å². The lowest BCUT2D eigenvalue weighted by Gasteiger charge is -2.35. The van der Waals surface area contributed by atoms with E-state index in [1.165, 1.54) is 45.0 Å². The molecule has 0 aliphatic carbocycles. The van der Waals surface area contributed by atoms with Crippen LogP contribution in [0.1, 0.15) is 0 Å². The SMILES string of the molecule is O=S(=O)(c1ccc(S(=O)(=O)N2CCN(c3ccc(F)cc3)CC2)cc1)N1CCOCC1. The molecule has 11 heteroatoms. The third-order valence-electron chi connectivity index (χ3n) is 5.50. The molecule has 2 heterocycles. The Bertz CT molecular complexity index is 1110. The van der Waals surface area contributed by atoms with E-state index in [9.17, 15) is 21.2 Å². The standard InChI is InChI=1S/C20H24FN3O5S2/c21-17-1-3-18(4-2-17)22-9-11-23(12-10-22)30(25,26)19-5-7-20(8-6-19)31(27,28)24-13-15-29-16-14-24/h1-8H,9-16H2. The van der Waals surface area contributed by atoms with E-state index in [1.807, 2.05) is 4.90 Å². The zero-order valence-corrected chi connectivity index (χ0v) is 18.5. The highest BCUT2D eigenvalue weighted by molar-refractivity contribution is 7.89. The predicted octanol–water partition coefficient (Wildman–Crippen LogP) is 1.36. The van der Waals surface area contributed by atoms with Gasteiger partial charge in [0, 0.05) is 45.0 Å². The number of rotatable bonds is 5. The van der Waals surface area contributed by atoms with Crippen LogP contribution in [0.4, 0.5) is 10.1 Å². The third kappa shape index (κ3) is 4.60. The van der Waals surface area contributed by atoms with Crippen molar-refractivity contribution in [2.24, 2.45) is 0 Å². The summed E-state index contributed by atoms with van der Waals surface area (Å²) in [6.45, 7) is 2.77. The summed E-state index contributed by atoms with van der Waals surface area (Å²) < 4.78 is 72.5. The molecule has 0 radical (unpaired) electrons. The monoisotopic (exact) mass is 469 g/mol. The van der Waals surface area contributed by atoms with Gasteiger partial charge in [0.1, 0.15) is 5.82 Å². The fourth-order valence-corrected chi connectivity index (χ4v) is 6.54. The molecule has 0 N–H and O–H groups in total. The molecule has 2 fully saturated rings. The first kappa shape index (κ1) is 22.2. The lowest BCUT2D eigenvalue weighted by atomic mass is 10.2. The maximum Gasteiger partial charge on any atom is 0.243 e. The van der Waals surface area contributed by atoms with Crippen LogP contribution in [0.3, 0.4) is 0 Å². The van der Waals surface area contributed by atoms with Crippen molar-refractivity contribution in [1.29, 1.82) is 0 Å². The number of anilines is 1. The summed E-state index contributed by atoms with van der Waals surface area (Å²) >= 11 is 0.